The Hall–Kier alpha value is -4.82. The molecule has 0 heterocycles. The first-order valence-corrected chi connectivity index (χ1v) is 12.2. The van der Waals surface area contributed by atoms with Gasteiger partial charge < -0.3 is 10.6 Å². The van der Waals surface area contributed by atoms with Crippen LogP contribution in [0.15, 0.2) is 146 Å². The zero-order chi connectivity index (χ0) is 24.2. The molecule has 2 N–H and O–H groups in total. The number of para-hydroxylation sites is 2. The van der Waals surface area contributed by atoms with Gasteiger partial charge in [-0.3, -0.25) is 0 Å². The Balaban J connectivity index is 1.40. The van der Waals surface area contributed by atoms with Crippen molar-refractivity contribution in [3.63, 3.8) is 0 Å². The molecule has 0 aliphatic heterocycles. The molecule has 0 aliphatic rings. The Kier molecular flexibility index (Phi) is 5.91. The highest BCUT2D eigenvalue weighted by molar-refractivity contribution is 5.92. The molecule has 0 amide bonds. The van der Waals surface area contributed by atoms with Crippen LogP contribution in [0.25, 0.3) is 33.0 Å². The monoisotopic (exact) mass is 462 g/mol. The summed E-state index contributed by atoms with van der Waals surface area (Å²) in [6.07, 6.45) is 0. The molecule has 172 valence electrons. The van der Waals surface area contributed by atoms with Crippen LogP contribution >= 0.6 is 0 Å². The van der Waals surface area contributed by atoms with Crippen molar-refractivity contribution in [2.75, 3.05) is 10.6 Å². The zero-order valence-electron chi connectivity index (χ0n) is 19.9. The quantitative estimate of drug-likeness (QED) is 0.257. The molecule has 0 unspecified atom stereocenters. The molecule has 6 rings (SSSR count). The molecule has 0 fully saturated rings. The van der Waals surface area contributed by atoms with Gasteiger partial charge in [0.05, 0.1) is 0 Å². The summed E-state index contributed by atoms with van der Waals surface area (Å²) in [7, 11) is 0. The summed E-state index contributed by atoms with van der Waals surface area (Å²) >= 11 is 0. The van der Waals surface area contributed by atoms with Gasteiger partial charge in [0, 0.05) is 22.7 Å². The average Bonchev–Trinajstić information content (AvgIpc) is 2.94. The number of benzene rings is 6. The van der Waals surface area contributed by atoms with E-state index >= 15 is 0 Å². The third-order valence-electron chi connectivity index (χ3n) is 6.40. The Morgan fingerprint density at radius 2 is 0.833 bits per heavy atom. The Morgan fingerprint density at radius 3 is 1.53 bits per heavy atom. The highest BCUT2D eigenvalue weighted by Crippen LogP contribution is 2.37. The van der Waals surface area contributed by atoms with Crippen LogP contribution in [0.1, 0.15) is 0 Å². The van der Waals surface area contributed by atoms with Crippen molar-refractivity contribution in [1.82, 2.24) is 0 Å². The fraction of sp³-hybridized carbons (Fsp3) is 0. The van der Waals surface area contributed by atoms with Gasteiger partial charge >= 0.3 is 0 Å². The van der Waals surface area contributed by atoms with Gasteiger partial charge in [0.2, 0.25) is 0 Å². The maximum atomic E-state index is 3.56. The molecule has 36 heavy (non-hydrogen) atoms. The predicted octanol–water partition coefficient (Wildman–Crippen LogP) is 9.66. The van der Waals surface area contributed by atoms with E-state index in [0.29, 0.717) is 0 Å². The van der Waals surface area contributed by atoms with E-state index in [1.807, 2.05) is 36.4 Å². The fourth-order valence-corrected chi connectivity index (χ4v) is 4.58. The van der Waals surface area contributed by atoms with Crippen LogP contribution in [0.3, 0.4) is 0 Å². The second-order valence-corrected chi connectivity index (χ2v) is 8.88. The third-order valence-corrected chi connectivity index (χ3v) is 6.40. The Morgan fingerprint density at radius 1 is 0.306 bits per heavy atom. The molecule has 0 atom stereocenters. The van der Waals surface area contributed by atoms with Crippen molar-refractivity contribution in [3.8, 4) is 22.3 Å². The standard InChI is InChI=1S/C34H26N2/c1-3-11-29(12-4-1)35-31-19-17-26(18-20-31)33-22-21-32(36-30-13-5-2-6-14-30)24-34(33)28-16-15-25-9-7-8-10-27(25)23-28/h1-24,35-36H. The van der Waals surface area contributed by atoms with Crippen LogP contribution in [-0.2, 0) is 0 Å². The van der Waals surface area contributed by atoms with Crippen molar-refractivity contribution in [2.45, 2.75) is 0 Å². The maximum Gasteiger partial charge on any atom is 0.0390 e. The van der Waals surface area contributed by atoms with Crippen molar-refractivity contribution < 1.29 is 0 Å². The van der Waals surface area contributed by atoms with Crippen molar-refractivity contribution in [1.29, 1.82) is 0 Å². The van der Waals surface area contributed by atoms with E-state index in [1.54, 1.807) is 0 Å². The van der Waals surface area contributed by atoms with Crippen molar-refractivity contribution in [2.24, 2.45) is 0 Å². The van der Waals surface area contributed by atoms with Gasteiger partial charge in [0.25, 0.3) is 0 Å². The molecular formula is C34H26N2. The molecule has 0 aromatic heterocycles. The smallest absolute Gasteiger partial charge is 0.0390 e. The van der Waals surface area contributed by atoms with Crippen LogP contribution in [0, 0.1) is 0 Å². The molecule has 6 aromatic rings. The van der Waals surface area contributed by atoms with E-state index in [9.17, 15) is 0 Å². The molecule has 0 bridgehead atoms. The summed E-state index contributed by atoms with van der Waals surface area (Å²) in [6, 6.07) is 51.1. The van der Waals surface area contributed by atoms with Gasteiger partial charge in [0.15, 0.2) is 0 Å². The first kappa shape index (κ1) is 21.7. The van der Waals surface area contributed by atoms with E-state index < -0.39 is 0 Å². The third kappa shape index (κ3) is 4.70. The van der Waals surface area contributed by atoms with Gasteiger partial charge in [-0.25, -0.2) is 0 Å². The first-order valence-electron chi connectivity index (χ1n) is 12.2. The minimum atomic E-state index is 1.07. The molecule has 2 nitrogen and oxygen atoms in total. The summed E-state index contributed by atoms with van der Waals surface area (Å²) in [5, 5.41) is 9.52. The lowest BCUT2D eigenvalue weighted by Crippen LogP contribution is -1.93. The van der Waals surface area contributed by atoms with Crippen LogP contribution in [0.5, 0.6) is 0 Å². The highest BCUT2D eigenvalue weighted by Gasteiger charge is 2.11. The number of nitrogens with one attached hydrogen (secondary N) is 2. The molecule has 0 saturated heterocycles. The molecule has 2 heteroatoms. The molecule has 0 aliphatic carbocycles. The Labute approximate surface area is 211 Å². The van der Waals surface area contributed by atoms with E-state index in [0.717, 1.165) is 22.7 Å². The van der Waals surface area contributed by atoms with Gasteiger partial charge in [-0.15, -0.1) is 0 Å². The van der Waals surface area contributed by atoms with Crippen molar-refractivity contribution >= 4 is 33.5 Å². The largest absolute Gasteiger partial charge is 0.356 e. The van der Waals surface area contributed by atoms with Crippen LogP contribution in [-0.4, -0.2) is 0 Å². The predicted molar refractivity (Wildman–Crippen MR) is 154 cm³/mol. The summed E-state index contributed by atoms with van der Waals surface area (Å²) in [5.41, 5.74) is 9.08. The lowest BCUT2D eigenvalue weighted by molar-refractivity contribution is 1.52. The van der Waals surface area contributed by atoms with E-state index in [1.165, 1.54) is 33.0 Å². The molecule has 6 aromatic carbocycles. The number of hydrogen-bond acceptors (Lipinski definition) is 2. The lowest BCUT2D eigenvalue weighted by Gasteiger charge is -2.15. The fourth-order valence-electron chi connectivity index (χ4n) is 4.58. The normalized spacial score (nSPS) is 10.8. The maximum absolute atomic E-state index is 3.56. The van der Waals surface area contributed by atoms with Gasteiger partial charge in [-0.2, -0.15) is 0 Å². The summed E-state index contributed by atoms with van der Waals surface area (Å²) in [5.74, 6) is 0. The van der Waals surface area contributed by atoms with E-state index in [-0.39, 0.29) is 0 Å². The SMILES string of the molecule is c1ccc(Nc2ccc(-c3ccc(Nc4ccccc4)cc3-c3ccc4ccccc4c3)cc2)cc1. The first-order chi connectivity index (χ1) is 17.8. The summed E-state index contributed by atoms with van der Waals surface area (Å²) in [4.78, 5) is 0. The van der Waals surface area contributed by atoms with E-state index in [4.69, 9.17) is 0 Å². The molecular weight excluding hydrogens is 436 g/mol. The molecule has 0 saturated carbocycles. The highest BCUT2D eigenvalue weighted by atomic mass is 14.9. The minimum Gasteiger partial charge on any atom is -0.356 e. The summed E-state index contributed by atoms with van der Waals surface area (Å²) < 4.78 is 0. The van der Waals surface area contributed by atoms with Crippen LogP contribution in [0.4, 0.5) is 22.7 Å². The topological polar surface area (TPSA) is 24.1 Å². The zero-order valence-corrected chi connectivity index (χ0v) is 19.9. The van der Waals surface area contributed by atoms with Gasteiger partial charge in [-0.05, 0) is 87.6 Å². The van der Waals surface area contributed by atoms with E-state index in [2.05, 4.69) is 120 Å². The number of anilines is 4. The molecule has 0 radical (unpaired) electrons. The Bertz CT molecular complexity index is 1610. The van der Waals surface area contributed by atoms with Crippen LogP contribution < -0.4 is 10.6 Å². The van der Waals surface area contributed by atoms with Crippen LogP contribution in [0.2, 0.25) is 0 Å². The second kappa shape index (κ2) is 9.81. The van der Waals surface area contributed by atoms with Crippen molar-refractivity contribution in [3.05, 3.63) is 146 Å². The van der Waals surface area contributed by atoms with Gasteiger partial charge in [0.1, 0.15) is 0 Å². The second-order valence-electron chi connectivity index (χ2n) is 8.88. The summed E-state index contributed by atoms with van der Waals surface area (Å²) in [6.45, 7) is 0. The number of fused-ring (bicyclic) bond motifs is 1. The van der Waals surface area contributed by atoms with Gasteiger partial charge in [-0.1, -0.05) is 91.0 Å². The lowest BCUT2D eigenvalue weighted by atomic mass is 9.92. The average molecular weight is 463 g/mol. The number of rotatable bonds is 6. The molecule has 0 spiro atoms. The number of hydrogen-bond donors (Lipinski definition) is 2. The minimum absolute atomic E-state index is 1.07.